The molecular weight excluding hydrogens is 90.1 g/mol. The van der Waals surface area contributed by atoms with Crippen LogP contribution in [-0.2, 0) is 0 Å². The molecule has 1 rings (SSSR count). The molecule has 0 aliphatic carbocycles. The highest BCUT2D eigenvalue weighted by Gasteiger charge is 1.91. The van der Waals surface area contributed by atoms with Crippen LogP contribution in [0.2, 0.25) is 0 Å². The fourth-order valence-corrected chi connectivity index (χ4v) is 0.374. The van der Waals surface area contributed by atoms with E-state index in [1.54, 1.807) is 6.20 Å². The molecule has 0 aromatic carbocycles. The average molecular weight is 98.1 g/mol. The van der Waals surface area contributed by atoms with E-state index in [1.165, 1.54) is 0 Å². The Morgan fingerprint density at radius 3 is 2.71 bits per heavy atom. The Morgan fingerprint density at radius 2 is 2.57 bits per heavy atom. The molecular formula is C4H8N3-. The Bertz CT molecular complexity index is 97.1. The van der Waals surface area contributed by atoms with Crippen LogP contribution in [0.5, 0.6) is 0 Å². The van der Waals surface area contributed by atoms with Crippen LogP contribution in [0.1, 0.15) is 6.92 Å². The summed E-state index contributed by atoms with van der Waals surface area (Å²) in [6, 6.07) is 0. The second-order valence-electron chi connectivity index (χ2n) is 1.56. The van der Waals surface area contributed by atoms with Gasteiger partial charge in [0, 0.05) is 12.7 Å². The molecule has 1 aliphatic rings. The summed E-state index contributed by atoms with van der Waals surface area (Å²) in [6.45, 7) is 1.99. The van der Waals surface area contributed by atoms with E-state index in [-0.39, 0.29) is 0 Å². The van der Waals surface area contributed by atoms with Gasteiger partial charge in [-0.25, -0.2) is 0 Å². The molecule has 1 N–H and O–H groups in total. The molecule has 0 radical (unpaired) electrons. The maximum absolute atomic E-state index is 3.76. The lowest BCUT2D eigenvalue weighted by atomic mass is 10.5. The summed E-state index contributed by atoms with van der Waals surface area (Å²) in [5.74, 6) is 0. The van der Waals surface area contributed by atoms with Gasteiger partial charge in [0.15, 0.2) is 0 Å². The Kier molecular flexibility index (Phi) is 0.906. The predicted octanol–water partition coefficient (Wildman–Crippen LogP) is 0.586. The highest BCUT2D eigenvalue weighted by molar-refractivity contribution is 5.10. The number of hydrogen-bond acceptors (Lipinski definition) is 2. The summed E-state index contributed by atoms with van der Waals surface area (Å²) in [5.41, 5.74) is 7.63. The van der Waals surface area contributed by atoms with Crippen LogP contribution in [0.4, 0.5) is 0 Å². The van der Waals surface area contributed by atoms with Crippen molar-refractivity contribution < 1.29 is 0 Å². The van der Waals surface area contributed by atoms with Crippen molar-refractivity contribution in [2.24, 2.45) is 0 Å². The third kappa shape index (κ3) is 0.667. The second kappa shape index (κ2) is 1.42. The van der Waals surface area contributed by atoms with Crippen molar-refractivity contribution in [2.75, 3.05) is 7.05 Å². The topological polar surface area (TPSA) is 29.4 Å². The first kappa shape index (κ1) is 4.46. The zero-order valence-corrected chi connectivity index (χ0v) is 4.47. The largest absolute Gasteiger partial charge is 0.609 e. The molecule has 3 nitrogen and oxygen atoms in total. The molecule has 3 heteroatoms. The van der Waals surface area contributed by atoms with Crippen molar-refractivity contribution in [3.8, 4) is 0 Å². The third-order valence-electron chi connectivity index (χ3n) is 0.988. The summed E-state index contributed by atoms with van der Waals surface area (Å²) in [4.78, 5) is 0. The first-order valence-corrected chi connectivity index (χ1v) is 2.16. The highest BCUT2D eigenvalue weighted by atomic mass is 15.7. The Morgan fingerprint density at radius 1 is 1.86 bits per heavy atom. The molecule has 7 heavy (non-hydrogen) atoms. The van der Waals surface area contributed by atoms with Crippen LogP contribution in [0, 0.1) is 0 Å². The molecule has 0 saturated carbocycles. The Hall–Kier alpha value is -0.700. The van der Waals surface area contributed by atoms with Gasteiger partial charge in [-0.3, -0.25) is 0 Å². The van der Waals surface area contributed by atoms with Gasteiger partial charge in [0.25, 0.3) is 0 Å². The fraction of sp³-hybridized carbons (Fsp3) is 0.500. The molecule has 0 bridgehead atoms. The Balaban J connectivity index is 2.54. The lowest BCUT2D eigenvalue weighted by Gasteiger charge is -2.18. The molecule has 0 amide bonds. The fourth-order valence-electron chi connectivity index (χ4n) is 0.374. The standard InChI is InChI=1S/C4H8N3/c1-4-3-5-6-7(4)2/h3,6H,1-2H3/q-1. The van der Waals surface area contributed by atoms with Crippen LogP contribution >= 0.6 is 0 Å². The number of allylic oxidation sites excluding steroid dienone is 1. The van der Waals surface area contributed by atoms with E-state index in [4.69, 9.17) is 0 Å². The molecule has 0 fully saturated rings. The van der Waals surface area contributed by atoms with Crippen LogP contribution in [0.15, 0.2) is 11.9 Å². The van der Waals surface area contributed by atoms with Crippen LogP contribution in [-0.4, -0.2) is 12.1 Å². The molecule has 0 saturated heterocycles. The van der Waals surface area contributed by atoms with E-state index in [0.717, 1.165) is 5.70 Å². The second-order valence-corrected chi connectivity index (χ2v) is 1.56. The lowest BCUT2D eigenvalue weighted by molar-refractivity contribution is 0.368. The maximum Gasteiger partial charge on any atom is 0.0214 e. The smallest absolute Gasteiger partial charge is 0.0214 e. The highest BCUT2D eigenvalue weighted by Crippen LogP contribution is 2.05. The van der Waals surface area contributed by atoms with Crippen molar-refractivity contribution in [1.82, 2.24) is 10.5 Å². The SMILES string of the molecule is CC1=C[N-]NN1C. The minimum atomic E-state index is 1.14. The minimum absolute atomic E-state index is 1.14. The zero-order valence-electron chi connectivity index (χ0n) is 4.47. The van der Waals surface area contributed by atoms with Crippen molar-refractivity contribution in [3.05, 3.63) is 17.3 Å². The average Bonchev–Trinajstić information content (AvgIpc) is 1.91. The Labute approximate surface area is 42.9 Å². The summed E-state index contributed by atoms with van der Waals surface area (Å²) in [6.07, 6.45) is 1.78. The summed E-state index contributed by atoms with van der Waals surface area (Å²) < 4.78 is 0. The molecule has 1 aliphatic heterocycles. The number of nitrogens with one attached hydrogen (secondary N) is 1. The molecule has 0 spiro atoms. The van der Waals surface area contributed by atoms with Crippen molar-refractivity contribution in [2.45, 2.75) is 6.92 Å². The quantitative estimate of drug-likeness (QED) is 0.480. The van der Waals surface area contributed by atoms with Gasteiger partial charge in [0.05, 0.1) is 0 Å². The van der Waals surface area contributed by atoms with E-state index < -0.39 is 0 Å². The maximum atomic E-state index is 3.76. The van der Waals surface area contributed by atoms with Crippen molar-refractivity contribution in [1.29, 1.82) is 0 Å². The predicted molar refractivity (Wildman–Crippen MR) is 28.0 cm³/mol. The molecule has 0 unspecified atom stereocenters. The van der Waals surface area contributed by atoms with E-state index >= 15 is 0 Å². The van der Waals surface area contributed by atoms with Crippen LogP contribution < -0.4 is 5.53 Å². The van der Waals surface area contributed by atoms with Gasteiger partial charge in [-0.1, -0.05) is 0 Å². The third-order valence-corrected chi connectivity index (χ3v) is 0.988. The monoisotopic (exact) mass is 98.1 g/mol. The van der Waals surface area contributed by atoms with Gasteiger partial charge >= 0.3 is 0 Å². The van der Waals surface area contributed by atoms with Gasteiger partial charge in [0.2, 0.25) is 0 Å². The minimum Gasteiger partial charge on any atom is -0.609 e. The van der Waals surface area contributed by atoms with E-state index in [2.05, 4.69) is 11.0 Å². The van der Waals surface area contributed by atoms with Gasteiger partial charge in [-0.15, -0.1) is 6.20 Å². The molecule has 0 aromatic rings. The number of hydrogen-bond donors (Lipinski definition) is 1. The van der Waals surface area contributed by atoms with E-state index in [1.807, 2.05) is 19.0 Å². The number of hydrazine groups is 1. The van der Waals surface area contributed by atoms with Crippen molar-refractivity contribution >= 4 is 0 Å². The van der Waals surface area contributed by atoms with E-state index in [0.29, 0.717) is 0 Å². The van der Waals surface area contributed by atoms with Gasteiger partial charge in [0.1, 0.15) is 0 Å². The molecule has 40 valence electrons. The van der Waals surface area contributed by atoms with Gasteiger partial charge in [-0.05, 0) is 6.92 Å². The number of nitrogens with zero attached hydrogens (tertiary/aromatic N) is 2. The number of rotatable bonds is 0. The summed E-state index contributed by atoms with van der Waals surface area (Å²) >= 11 is 0. The summed E-state index contributed by atoms with van der Waals surface area (Å²) in [7, 11) is 1.92. The van der Waals surface area contributed by atoms with Crippen LogP contribution in [0.25, 0.3) is 5.43 Å². The van der Waals surface area contributed by atoms with Gasteiger partial charge in [-0.2, -0.15) is 0 Å². The first-order chi connectivity index (χ1) is 3.30. The first-order valence-electron chi connectivity index (χ1n) is 2.16. The lowest BCUT2D eigenvalue weighted by Crippen LogP contribution is -2.22. The molecule has 0 atom stereocenters. The van der Waals surface area contributed by atoms with Crippen molar-refractivity contribution in [3.63, 3.8) is 0 Å². The summed E-state index contributed by atoms with van der Waals surface area (Å²) in [5, 5.41) is 1.85. The normalized spacial score (nSPS) is 19.1. The molecule has 0 aromatic heterocycles. The van der Waals surface area contributed by atoms with Crippen LogP contribution in [0.3, 0.4) is 0 Å². The zero-order chi connectivity index (χ0) is 5.28. The van der Waals surface area contributed by atoms with Gasteiger partial charge < -0.3 is 16.0 Å². The van der Waals surface area contributed by atoms with E-state index in [9.17, 15) is 0 Å². The molecule has 1 heterocycles.